The minimum absolute atomic E-state index is 0.501. The lowest BCUT2D eigenvalue weighted by Crippen LogP contribution is -2.60. The summed E-state index contributed by atoms with van der Waals surface area (Å²) in [5.74, 6) is 0. The van der Waals surface area contributed by atoms with Crippen LogP contribution in [0.25, 0.3) is 0 Å². The van der Waals surface area contributed by atoms with Crippen molar-refractivity contribution in [2.24, 2.45) is 0 Å². The van der Waals surface area contributed by atoms with Gasteiger partial charge in [-0.3, -0.25) is 5.01 Å². The fourth-order valence-electron chi connectivity index (χ4n) is 2.00. The van der Waals surface area contributed by atoms with Gasteiger partial charge in [0.2, 0.25) is 6.29 Å². The fourth-order valence-corrected chi connectivity index (χ4v) is 2.00. The number of aliphatic hydroxyl groups excluding tert-OH is 4. The Hall–Kier alpha value is -1.26. The molecule has 0 spiro atoms. The molecule has 1 heterocycles. The van der Waals surface area contributed by atoms with Crippen molar-refractivity contribution in [3.63, 3.8) is 0 Å². The summed E-state index contributed by atoms with van der Waals surface area (Å²) in [6.45, 7) is -0.501. The van der Waals surface area contributed by atoms with Gasteiger partial charge >= 0.3 is 0 Å². The van der Waals surface area contributed by atoms with Crippen LogP contribution in [-0.4, -0.2) is 64.8 Å². The van der Waals surface area contributed by atoms with Crippen molar-refractivity contribution in [2.75, 3.05) is 18.7 Å². The van der Waals surface area contributed by atoms with Crippen molar-refractivity contribution in [3.8, 4) is 0 Å². The second-order valence-corrected chi connectivity index (χ2v) is 4.80. The third kappa shape index (κ3) is 3.69. The number of nitrogens with zero attached hydrogens (tertiary/aromatic N) is 1. The van der Waals surface area contributed by atoms with Crippen LogP contribution in [0.4, 0.5) is 5.69 Å². The number of hydrazine groups is 1. The molecule has 21 heavy (non-hydrogen) atoms. The summed E-state index contributed by atoms with van der Waals surface area (Å²) < 4.78 is 5.20. The minimum Gasteiger partial charge on any atom is -0.394 e. The molecule has 5 atom stereocenters. The highest BCUT2D eigenvalue weighted by atomic mass is 16.8. The molecule has 0 aliphatic carbocycles. The van der Waals surface area contributed by atoms with E-state index in [1.54, 1.807) is 12.1 Å². The molecular weight excluding hydrogens is 280 g/mol. The molecule has 1 aromatic carbocycles. The molecule has 2 rings (SSSR count). The van der Waals surface area contributed by atoms with Crippen LogP contribution in [-0.2, 0) is 9.57 Å². The molecule has 118 valence electrons. The maximum atomic E-state index is 9.80. The number of aliphatic hydroxyl groups is 4. The number of benzene rings is 1. The zero-order valence-corrected chi connectivity index (χ0v) is 11.5. The number of anilines is 1. The second-order valence-electron chi connectivity index (χ2n) is 4.80. The number of ether oxygens (including phenoxy) is 1. The predicted molar refractivity (Wildman–Crippen MR) is 72.8 cm³/mol. The molecule has 8 heteroatoms. The molecule has 0 aromatic heterocycles. The van der Waals surface area contributed by atoms with Gasteiger partial charge in [-0.25, -0.2) is 4.84 Å². The van der Waals surface area contributed by atoms with Crippen LogP contribution >= 0.6 is 0 Å². The zero-order valence-electron chi connectivity index (χ0n) is 11.5. The quantitative estimate of drug-likeness (QED) is 0.411. The van der Waals surface area contributed by atoms with E-state index in [1.165, 1.54) is 0 Å². The first-order valence-corrected chi connectivity index (χ1v) is 6.55. The summed E-state index contributed by atoms with van der Waals surface area (Å²) in [6.07, 6.45) is -6.55. The monoisotopic (exact) mass is 300 g/mol. The van der Waals surface area contributed by atoms with Crippen LogP contribution in [0, 0.1) is 0 Å². The highest BCUT2D eigenvalue weighted by Gasteiger charge is 2.44. The van der Waals surface area contributed by atoms with Crippen molar-refractivity contribution in [1.29, 1.82) is 0 Å². The minimum atomic E-state index is -1.47. The summed E-state index contributed by atoms with van der Waals surface area (Å²) in [5.41, 5.74) is 3.36. The van der Waals surface area contributed by atoms with Gasteiger partial charge in [-0.1, -0.05) is 18.2 Å². The SMILES string of the molecule is CN(NO[C@H]1O[C@@H](CO)[C@@H](O)[C@@H](O)[C@H]1O)c1ccccc1. The lowest BCUT2D eigenvalue weighted by Gasteiger charge is -2.39. The average molecular weight is 300 g/mol. The first-order valence-electron chi connectivity index (χ1n) is 6.55. The predicted octanol–water partition coefficient (Wildman–Crippen LogP) is -1.64. The van der Waals surface area contributed by atoms with E-state index in [0.29, 0.717) is 0 Å². The highest BCUT2D eigenvalue weighted by molar-refractivity contribution is 5.43. The summed E-state index contributed by atoms with van der Waals surface area (Å²) in [7, 11) is 1.69. The van der Waals surface area contributed by atoms with Crippen LogP contribution in [0.2, 0.25) is 0 Å². The Morgan fingerprint density at radius 2 is 1.81 bits per heavy atom. The Labute approximate surface area is 122 Å². The Morgan fingerprint density at radius 1 is 1.14 bits per heavy atom. The van der Waals surface area contributed by atoms with Gasteiger partial charge in [-0.2, -0.15) is 0 Å². The Kier molecular flexibility index (Phi) is 5.48. The van der Waals surface area contributed by atoms with Crippen molar-refractivity contribution in [1.82, 2.24) is 5.59 Å². The largest absolute Gasteiger partial charge is 0.394 e. The van der Waals surface area contributed by atoms with E-state index in [9.17, 15) is 15.3 Å². The number of hydrogen-bond donors (Lipinski definition) is 5. The zero-order chi connectivity index (χ0) is 15.4. The fraction of sp³-hybridized carbons (Fsp3) is 0.538. The van der Waals surface area contributed by atoms with Gasteiger partial charge in [0.1, 0.15) is 24.4 Å². The number of nitrogens with one attached hydrogen (secondary N) is 1. The molecule has 5 N–H and O–H groups in total. The standard InChI is InChI=1S/C13H20N2O6/c1-15(8-5-3-2-4-6-8)14-21-13-12(19)11(18)10(17)9(7-16)20-13/h2-6,9-14,16-19H,7H2,1H3/t9-,10+,11+,12+,13+/m0/s1. The molecule has 1 fully saturated rings. The normalized spacial score (nSPS) is 32.9. The van der Waals surface area contributed by atoms with E-state index in [-0.39, 0.29) is 0 Å². The lowest BCUT2D eigenvalue weighted by atomic mass is 9.99. The molecule has 0 bridgehead atoms. The van der Waals surface area contributed by atoms with E-state index in [2.05, 4.69) is 5.59 Å². The van der Waals surface area contributed by atoms with Gasteiger partial charge in [0, 0.05) is 7.05 Å². The summed E-state index contributed by atoms with van der Waals surface area (Å²) in [6, 6.07) is 9.24. The summed E-state index contributed by atoms with van der Waals surface area (Å²) in [4.78, 5) is 5.18. The third-order valence-corrected chi connectivity index (χ3v) is 3.30. The van der Waals surface area contributed by atoms with E-state index >= 15 is 0 Å². The maximum absolute atomic E-state index is 9.80. The average Bonchev–Trinajstić information content (AvgIpc) is 2.52. The molecule has 0 unspecified atom stereocenters. The Morgan fingerprint density at radius 3 is 2.43 bits per heavy atom. The Bertz CT molecular complexity index is 432. The van der Waals surface area contributed by atoms with Crippen LogP contribution < -0.4 is 10.6 Å². The summed E-state index contributed by atoms with van der Waals surface area (Å²) in [5, 5.41) is 39.7. The second kappa shape index (κ2) is 7.14. The molecule has 0 radical (unpaired) electrons. The van der Waals surface area contributed by atoms with E-state index in [0.717, 1.165) is 5.69 Å². The number of hydrogen-bond acceptors (Lipinski definition) is 8. The molecule has 1 aromatic rings. The van der Waals surface area contributed by atoms with Crippen molar-refractivity contribution in [2.45, 2.75) is 30.7 Å². The van der Waals surface area contributed by atoms with Crippen LogP contribution in [0.15, 0.2) is 30.3 Å². The molecule has 8 nitrogen and oxygen atoms in total. The van der Waals surface area contributed by atoms with E-state index < -0.39 is 37.3 Å². The molecule has 0 saturated carbocycles. The maximum Gasteiger partial charge on any atom is 0.208 e. The van der Waals surface area contributed by atoms with Gasteiger partial charge in [-0.15, -0.1) is 5.59 Å². The number of rotatable bonds is 5. The van der Waals surface area contributed by atoms with Crippen LogP contribution in [0.3, 0.4) is 0 Å². The van der Waals surface area contributed by atoms with Crippen molar-refractivity contribution in [3.05, 3.63) is 30.3 Å². The Balaban J connectivity index is 1.93. The smallest absolute Gasteiger partial charge is 0.208 e. The van der Waals surface area contributed by atoms with E-state index in [1.807, 2.05) is 30.3 Å². The first kappa shape index (κ1) is 16.1. The van der Waals surface area contributed by atoms with Gasteiger partial charge in [-0.05, 0) is 12.1 Å². The lowest BCUT2D eigenvalue weighted by molar-refractivity contribution is -0.316. The first-order chi connectivity index (χ1) is 10.0. The van der Waals surface area contributed by atoms with E-state index in [4.69, 9.17) is 14.7 Å². The molecular formula is C13H20N2O6. The van der Waals surface area contributed by atoms with Gasteiger partial charge in [0.05, 0.1) is 12.3 Å². The topological polar surface area (TPSA) is 115 Å². The van der Waals surface area contributed by atoms with Crippen LogP contribution in [0.5, 0.6) is 0 Å². The molecule has 1 aliphatic heterocycles. The van der Waals surface area contributed by atoms with Gasteiger partial charge in [0.15, 0.2) is 0 Å². The van der Waals surface area contributed by atoms with Crippen LogP contribution in [0.1, 0.15) is 0 Å². The third-order valence-electron chi connectivity index (χ3n) is 3.30. The highest BCUT2D eigenvalue weighted by Crippen LogP contribution is 2.21. The van der Waals surface area contributed by atoms with Crippen molar-refractivity contribution < 1.29 is 30.0 Å². The molecule has 1 aliphatic rings. The molecule has 0 amide bonds. The number of para-hydroxylation sites is 1. The van der Waals surface area contributed by atoms with Crippen molar-refractivity contribution >= 4 is 5.69 Å². The summed E-state index contributed by atoms with van der Waals surface area (Å²) >= 11 is 0. The molecule has 1 saturated heterocycles. The van der Waals surface area contributed by atoms with Gasteiger partial charge in [0.25, 0.3) is 0 Å². The van der Waals surface area contributed by atoms with Gasteiger partial charge < -0.3 is 25.2 Å².